The molecule has 1 aliphatic heterocycles. The van der Waals surface area contributed by atoms with Crippen molar-refractivity contribution in [3.8, 4) is 0 Å². The van der Waals surface area contributed by atoms with Gasteiger partial charge in [-0.3, -0.25) is 4.79 Å². The van der Waals surface area contributed by atoms with Gasteiger partial charge >= 0.3 is 0 Å². The third-order valence-electron chi connectivity index (χ3n) is 5.54. The molecule has 2 N–H and O–H groups in total. The van der Waals surface area contributed by atoms with Gasteiger partial charge in [-0.05, 0) is 38.0 Å². The molecule has 1 unspecified atom stereocenters. The Bertz CT molecular complexity index is 989. The van der Waals surface area contributed by atoms with Crippen molar-refractivity contribution in [2.45, 2.75) is 38.3 Å². The Balaban J connectivity index is 1.45. The van der Waals surface area contributed by atoms with Crippen LogP contribution in [0.4, 0.5) is 8.78 Å². The van der Waals surface area contributed by atoms with Gasteiger partial charge in [0.15, 0.2) is 11.6 Å². The van der Waals surface area contributed by atoms with Crippen molar-refractivity contribution in [3.05, 3.63) is 64.7 Å². The van der Waals surface area contributed by atoms with Crippen LogP contribution in [0.2, 0.25) is 0 Å². The average Bonchev–Trinajstić information content (AvgIpc) is 3.12. The van der Waals surface area contributed by atoms with E-state index in [-0.39, 0.29) is 17.5 Å². The minimum Gasteiger partial charge on any atom is -0.345 e. The van der Waals surface area contributed by atoms with E-state index in [0.717, 1.165) is 47.1 Å². The molecule has 1 aromatic heterocycles. The number of amides is 1. The molecule has 0 radical (unpaired) electrons. The van der Waals surface area contributed by atoms with Gasteiger partial charge in [-0.2, -0.15) is 0 Å². The second-order valence-electron chi connectivity index (χ2n) is 7.61. The zero-order chi connectivity index (χ0) is 20.4. The van der Waals surface area contributed by atoms with Crippen molar-refractivity contribution in [1.82, 2.24) is 10.3 Å². The first kappa shape index (κ1) is 19.9. The molecular formula is C22H24F2N3OS+. The van der Waals surface area contributed by atoms with Crippen LogP contribution < -0.4 is 10.2 Å². The predicted octanol–water partition coefficient (Wildman–Crippen LogP) is 3.56. The number of rotatable bonds is 5. The third-order valence-corrected chi connectivity index (χ3v) is 6.69. The fourth-order valence-corrected chi connectivity index (χ4v) is 5.22. The molecule has 1 fully saturated rings. The van der Waals surface area contributed by atoms with Crippen LogP contribution in [0, 0.1) is 11.6 Å². The number of quaternary nitrogens is 1. The quantitative estimate of drug-likeness (QED) is 0.668. The van der Waals surface area contributed by atoms with Crippen LogP contribution in [0.15, 0.2) is 42.5 Å². The maximum atomic E-state index is 14.0. The average molecular weight is 417 g/mol. The summed E-state index contributed by atoms with van der Waals surface area (Å²) in [5.74, 6) is -1.40. The highest BCUT2D eigenvalue weighted by Gasteiger charge is 2.32. The zero-order valence-corrected chi connectivity index (χ0v) is 17.1. The molecule has 2 aromatic carbocycles. The molecule has 4 rings (SSSR count). The topological polar surface area (TPSA) is 46.4 Å². The minimum atomic E-state index is -0.643. The van der Waals surface area contributed by atoms with E-state index in [4.69, 9.17) is 4.98 Å². The lowest BCUT2D eigenvalue weighted by molar-refractivity contribution is -0.929. The summed E-state index contributed by atoms with van der Waals surface area (Å²) in [5.41, 5.74) is 1.29. The van der Waals surface area contributed by atoms with Crippen LogP contribution in [0.1, 0.15) is 48.8 Å². The van der Waals surface area contributed by atoms with Crippen molar-refractivity contribution in [2.75, 3.05) is 13.1 Å². The van der Waals surface area contributed by atoms with Gasteiger partial charge in [0, 0.05) is 18.1 Å². The maximum Gasteiger partial charge on any atom is 0.275 e. The van der Waals surface area contributed by atoms with Crippen LogP contribution in [0.3, 0.4) is 0 Å². The summed E-state index contributed by atoms with van der Waals surface area (Å²) in [6.07, 6.45) is 3.21. The number of benzene rings is 2. The van der Waals surface area contributed by atoms with Crippen molar-refractivity contribution >= 4 is 27.5 Å². The van der Waals surface area contributed by atoms with Crippen molar-refractivity contribution in [2.24, 2.45) is 0 Å². The summed E-state index contributed by atoms with van der Waals surface area (Å²) in [7, 11) is 0. The normalized spacial score (nSPS) is 20.5. The Labute approximate surface area is 172 Å². The van der Waals surface area contributed by atoms with Gasteiger partial charge in [0.25, 0.3) is 5.91 Å². The molecule has 1 amide bonds. The van der Waals surface area contributed by atoms with E-state index in [1.54, 1.807) is 18.3 Å². The summed E-state index contributed by atoms with van der Waals surface area (Å²) in [6, 6.07) is 11.2. The summed E-state index contributed by atoms with van der Waals surface area (Å²) in [6.45, 7) is 2.94. The van der Waals surface area contributed by atoms with Crippen LogP contribution >= 0.6 is 11.3 Å². The van der Waals surface area contributed by atoms with Gasteiger partial charge in [-0.1, -0.05) is 18.2 Å². The summed E-state index contributed by atoms with van der Waals surface area (Å²) in [5, 5.41) is 3.94. The highest BCUT2D eigenvalue weighted by atomic mass is 32.1. The molecule has 1 saturated heterocycles. The molecule has 2 heterocycles. The molecule has 3 atom stereocenters. The number of aromatic nitrogens is 1. The molecule has 0 aliphatic carbocycles. The fraction of sp³-hybridized carbons (Fsp3) is 0.364. The van der Waals surface area contributed by atoms with Crippen LogP contribution in [-0.4, -0.2) is 24.0 Å². The number of para-hydroxylation sites is 1. The highest BCUT2D eigenvalue weighted by molar-refractivity contribution is 7.18. The second-order valence-corrected chi connectivity index (χ2v) is 8.67. The van der Waals surface area contributed by atoms with E-state index in [1.165, 1.54) is 17.0 Å². The van der Waals surface area contributed by atoms with E-state index >= 15 is 0 Å². The number of hydrogen-bond donors (Lipinski definition) is 2. The molecule has 3 aromatic rings. The lowest BCUT2D eigenvalue weighted by atomic mass is 10.0. The lowest BCUT2D eigenvalue weighted by Crippen LogP contribution is -3.14. The van der Waals surface area contributed by atoms with E-state index in [9.17, 15) is 13.6 Å². The SMILES string of the molecule is C[C@H](NC(=O)C[NH+]1CCCC[C@@H]1c1nc2ccccc2s1)c1ccc(F)cc1F. The van der Waals surface area contributed by atoms with Gasteiger partial charge in [-0.15, -0.1) is 11.3 Å². The highest BCUT2D eigenvalue weighted by Crippen LogP contribution is 2.28. The van der Waals surface area contributed by atoms with E-state index in [1.807, 2.05) is 18.2 Å². The molecule has 0 saturated carbocycles. The Morgan fingerprint density at radius 2 is 2.10 bits per heavy atom. The number of carbonyl (C=O) groups excluding carboxylic acids is 1. The number of fused-ring (bicyclic) bond motifs is 1. The Kier molecular flexibility index (Phi) is 5.87. The number of likely N-dealkylation sites (tertiary alicyclic amines) is 1. The molecule has 0 spiro atoms. The number of carbonyl (C=O) groups is 1. The third kappa shape index (κ3) is 4.46. The number of hydrogen-bond acceptors (Lipinski definition) is 3. The van der Waals surface area contributed by atoms with Gasteiger partial charge in [-0.25, -0.2) is 13.8 Å². The first-order valence-electron chi connectivity index (χ1n) is 9.95. The Hall–Kier alpha value is -2.38. The lowest BCUT2D eigenvalue weighted by Gasteiger charge is -2.31. The molecule has 7 heteroatoms. The summed E-state index contributed by atoms with van der Waals surface area (Å²) in [4.78, 5) is 18.7. The maximum absolute atomic E-state index is 14.0. The second kappa shape index (κ2) is 8.55. The van der Waals surface area contributed by atoms with Crippen LogP contribution in [0.5, 0.6) is 0 Å². The first-order chi connectivity index (χ1) is 14.0. The Morgan fingerprint density at radius 1 is 1.28 bits per heavy atom. The minimum absolute atomic E-state index is 0.135. The fourth-order valence-electron chi connectivity index (χ4n) is 4.06. The molecule has 0 bridgehead atoms. The number of nitrogens with one attached hydrogen (secondary N) is 2. The largest absolute Gasteiger partial charge is 0.345 e. The molecule has 29 heavy (non-hydrogen) atoms. The van der Waals surface area contributed by atoms with Gasteiger partial charge < -0.3 is 10.2 Å². The number of halogens is 2. The predicted molar refractivity (Wildman–Crippen MR) is 110 cm³/mol. The smallest absolute Gasteiger partial charge is 0.275 e. The summed E-state index contributed by atoms with van der Waals surface area (Å²) >= 11 is 1.70. The summed E-state index contributed by atoms with van der Waals surface area (Å²) < 4.78 is 28.3. The van der Waals surface area contributed by atoms with Gasteiger partial charge in [0.05, 0.1) is 22.8 Å². The van der Waals surface area contributed by atoms with E-state index in [2.05, 4.69) is 11.4 Å². The standard InChI is InChI=1S/C22H23F2N3OS/c1-14(16-10-9-15(23)12-17(16)24)25-21(28)13-27-11-5-4-7-19(27)22-26-18-6-2-3-8-20(18)29-22/h2-3,6,8-10,12,14,19H,4-5,7,11,13H2,1H3,(H,25,28)/p+1/t14-,19+/m0/s1. The van der Waals surface area contributed by atoms with Gasteiger partial charge in [0.2, 0.25) is 0 Å². The number of nitrogens with zero attached hydrogens (tertiary/aromatic N) is 1. The van der Waals surface area contributed by atoms with Crippen LogP contribution in [-0.2, 0) is 4.79 Å². The first-order valence-corrected chi connectivity index (χ1v) is 10.8. The monoisotopic (exact) mass is 416 g/mol. The van der Waals surface area contributed by atoms with E-state index < -0.39 is 17.7 Å². The molecule has 1 aliphatic rings. The van der Waals surface area contributed by atoms with Crippen molar-refractivity contribution < 1.29 is 18.5 Å². The van der Waals surface area contributed by atoms with Gasteiger partial charge in [0.1, 0.15) is 17.7 Å². The van der Waals surface area contributed by atoms with Crippen molar-refractivity contribution in [3.63, 3.8) is 0 Å². The Morgan fingerprint density at radius 3 is 2.90 bits per heavy atom. The molecule has 152 valence electrons. The zero-order valence-electron chi connectivity index (χ0n) is 16.3. The number of piperidine rings is 1. The molecular weight excluding hydrogens is 392 g/mol. The van der Waals surface area contributed by atoms with E-state index in [0.29, 0.717) is 6.54 Å². The van der Waals surface area contributed by atoms with Crippen molar-refractivity contribution in [1.29, 1.82) is 0 Å². The molecule has 4 nitrogen and oxygen atoms in total. The van der Waals surface area contributed by atoms with Crippen LogP contribution in [0.25, 0.3) is 10.2 Å². The number of thiazole rings is 1.